The van der Waals surface area contributed by atoms with Gasteiger partial charge in [-0.05, 0) is 25.1 Å². The number of nitrogens with zero attached hydrogens (tertiary/aromatic N) is 2. The first-order valence-corrected chi connectivity index (χ1v) is 6.47. The quantitative estimate of drug-likeness (QED) is 0.878. The zero-order valence-electron chi connectivity index (χ0n) is 9.86. The Kier molecular flexibility index (Phi) is 3.78. The number of rotatable bonds is 4. The summed E-state index contributed by atoms with van der Waals surface area (Å²) in [5, 5.41) is 0.608. The second-order valence-electron chi connectivity index (χ2n) is 4.05. The van der Waals surface area contributed by atoms with Crippen molar-refractivity contribution in [3.63, 3.8) is 0 Å². The third-order valence-corrected chi connectivity index (χ3v) is 3.27. The van der Waals surface area contributed by atoms with Crippen molar-refractivity contribution in [1.82, 2.24) is 9.55 Å². The van der Waals surface area contributed by atoms with Gasteiger partial charge in [-0.1, -0.05) is 11.6 Å². The van der Waals surface area contributed by atoms with Gasteiger partial charge in [0.1, 0.15) is 11.9 Å². The van der Waals surface area contributed by atoms with Crippen molar-refractivity contribution in [2.75, 3.05) is 5.88 Å². The Labute approximate surface area is 115 Å². The molecule has 0 radical (unpaired) electrons. The zero-order chi connectivity index (χ0) is 13.3. The highest BCUT2D eigenvalue weighted by Gasteiger charge is 2.19. The van der Waals surface area contributed by atoms with Crippen LogP contribution >= 0.6 is 23.2 Å². The van der Waals surface area contributed by atoms with Gasteiger partial charge >= 0.3 is 0 Å². The first-order valence-electron chi connectivity index (χ1n) is 5.56. The van der Waals surface area contributed by atoms with E-state index in [4.69, 9.17) is 28.9 Å². The van der Waals surface area contributed by atoms with E-state index in [2.05, 4.69) is 4.98 Å². The average Bonchev–Trinajstić information content (AvgIpc) is 2.65. The van der Waals surface area contributed by atoms with Crippen LogP contribution in [0.2, 0.25) is 5.02 Å². The first-order chi connectivity index (χ1) is 8.54. The van der Waals surface area contributed by atoms with Gasteiger partial charge in [-0.15, -0.1) is 11.6 Å². The van der Waals surface area contributed by atoms with Gasteiger partial charge in [0.2, 0.25) is 5.91 Å². The zero-order valence-corrected chi connectivity index (χ0v) is 11.4. The maximum Gasteiger partial charge on any atom is 0.240 e. The number of benzene rings is 1. The Morgan fingerprint density at radius 1 is 1.56 bits per heavy atom. The molecular formula is C12H13Cl2N3O. The van der Waals surface area contributed by atoms with E-state index in [1.807, 2.05) is 10.6 Å². The molecule has 0 saturated carbocycles. The summed E-state index contributed by atoms with van der Waals surface area (Å²) < 4.78 is 1.82. The molecule has 0 aliphatic rings. The van der Waals surface area contributed by atoms with Gasteiger partial charge in [-0.3, -0.25) is 4.79 Å². The number of nitrogens with two attached hydrogens (primary N) is 1. The molecule has 4 nitrogen and oxygen atoms in total. The molecule has 0 saturated heterocycles. The molecular weight excluding hydrogens is 273 g/mol. The van der Waals surface area contributed by atoms with Crippen molar-refractivity contribution >= 4 is 40.1 Å². The van der Waals surface area contributed by atoms with Crippen LogP contribution in [0, 0.1) is 0 Å². The summed E-state index contributed by atoms with van der Waals surface area (Å²) in [5.41, 5.74) is 6.95. The van der Waals surface area contributed by atoms with Crippen LogP contribution in [0.5, 0.6) is 0 Å². The fourth-order valence-corrected chi connectivity index (χ4v) is 2.28. The number of alkyl halides is 1. The fraction of sp³-hybridized carbons (Fsp3) is 0.333. The number of carbonyl (C=O) groups excluding carboxylic acids is 1. The monoisotopic (exact) mass is 285 g/mol. The van der Waals surface area contributed by atoms with Gasteiger partial charge in [-0.2, -0.15) is 0 Å². The number of halogens is 2. The molecule has 0 fully saturated rings. The van der Waals surface area contributed by atoms with E-state index in [-0.39, 0.29) is 0 Å². The Hall–Kier alpha value is -1.26. The highest BCUT2D eigenvalue weighted by Crippen LogP contribution is 2.24. The highest BCUT2D eigenvalue weighted by molar-refractivity contribution is 6.31. The third-order valence-electron chi connectivity index (χ3n) is 2.84. The molecule has 2 aromatic rings. The Bertz CT molecular complexity index is 594. The van der Waals surface area contributed by atoms with Crippen LogP contribution in [0.3, 0.4) is 0 Å². The third kappa shape index (κ3) is 2.31. The smallest absolute Gasteiger partial charge is 0.240 e. The molecule has 2 rings (SSSR count). The minimum Gasteiger partial charge on any atom is -0.368 e. The van der Waals surface area contributed by atoms with Gasteiger partial charge < -0.3 is 10.3 Å². The molecule has 18 heavy (non-hydrogen) atoms. The van der Waals surface area contributed by atoms with Crippen LogP contribution in [-0.4, -0.2) is 21.3 Å². The largest absolute Gasteiger partial charge is 0.368 e. The molecule has 96 valence electrons. The van der Waals surface area contributed by atoms with Crippen LogP contribution in [0.1, 0.15) is 18.8 Å². The lowest BCUT2D eigenvalue weighted by Gasteiger charge is -2.13. The van der Waals surface area contributed by atoms with E-state index in [1.54, 1.807) is 19.1 Å². The maximum atomic E-state index is 11.4. The minimum absolute atomic E-state index is 0.403. The van der Waals surface area contributed by atoms with Gasteiger partial charge in [0.05, 0.1) is 11.0 Å². The summed E-state index contributed by atoms with van der Waals surface area (Å²) in [4.78, 5) is 15.8. The van der Waals surface area contributed by atoms with Crippen molar-refractivity contribution in [2.24, 2.45) is 5.73 Å². The average molecular weight is 286 g/mol. The number of carbonyl (C=O) groups is 1. The van der Waals surface area contributed by atoms with Crippen LogP contribution in [-0.2, 0) is 11.2 Å². The molecule has 1 heterocycles. The molecule has 2 N–H and O–H groups in total. The van der Waals surface area contributed by atoms with E-state index in [0.717, 1.165) is 16.9 Å². The van der Waals surface area contributed by atoms with E-state index in [1.165, 1.54) is 0 Å². The van der Waals surface area contributed by atoms with Gasteiger partial charge in [0.25, 0.3) is 0 Å². The summed E-state index contributed by atoms with van der Waals surface area (Å²) in [6.45, 7) is 1.75. The molecule has 1 unspecified atom stereocenters. The van der Waals surface area contributed by atoms with Crippen molar-refractivity contribution < 1.29 is 4.79 Å². The summed E-state index contributed by atoms with van der Waals surface area (Å²) in [6.07, 6.45) is 0.575. The SMILES string of the molecule is CC(C(N)=O)n1c(CCCl)nc2cc(Cl)ccc21. The minimum atomic E-state index is -0.464. The van der Waals surface area contributed by atoms with Gasteiger partial charge in [0, 0.05) is 17.3 Å². The number of aromatic nitrogens is 2. The van der Waals surface area contributed by atoms with Gasteiger partial charge in [0.15, 0.2) is 0 Å². The first kappa shape index (κ1) is 13.2. The van der Waals surface area contributed by atoms with Gasteiger partial charge in [-0.25, -0.2) is 4.98 Å². The Morgan fingerprint density at radius 2 is 2.28 bits per heavy atom. The molecule has 0 bridgehead atoms. The highest BCUT2D eigenvalue weighted by atomic mass is 35.5. The summed E-state index contributed by atoms with van der Waals surface area (Å²) >= 11 is 11.7. The number of primary amides is 1. The van der Waals surface area contributed by atoms with E-state index >= 15 is 0 Å². The molecule has 1 amide bonds. The second-order valence-corrected chi connectivity index (χ2v) is 4.86. The fourth-order valence-electron chi connectivity index (χ4n) is 1.94. The number of hydrogen-bond donors (Lipinski definition) is 1. The molecule has 0 spiro atoms. The van der Waals surface area contributed by atoms with E-state index < -0.39 is 11.9 Å². The van der Waals surface area contributed by atoms with Crippen LogP contribution in [0.4, 0.5) is 0 Å². The normalized spacial score (nSPS) is 12.8. The number of hydrogen-bond acceptors (Lipinski definition) is 2. The second kappa shape index (κ2) is 5.16. The molecule has 1 aromatic carbocycles. The standard InChI is InChI=1S/C12H13Cl2N3O/c1-7(12(15)18)17-10-3-2-8(14)6-9(10)16-11(17)4-5-13/h2-3,6-7H,4-5H2,1H3,(H2,15,18). The summed E-state index contributed by atoms with van der Waals surface area (Å²) in [6, 6.07) is 4.90. The van der Waals surface area contributed by atoms with Crippen LogP contribution in [0.15, 0.2) is 18.2 Å². The molecule has 1 aromatic heterocycles. The number of amides is 1. The molecule has 0 aliphatic heterocycles. The summed E-state index contributed by atoms with van der Waals surface area (Å²) in [5.74, 6) is 0.774. The molecule has 6 heteroatoms. The summed E-state index contributed by atoms with van der Waals surface area (Å²) in [7, 11) is 0. The lowest BCUT2D eigenvalue weighted by Crippen LogP contribution is -2.25. The molecule has 0 aliphatic carbocycles. The van der Waals surface area contributed by atoms with Crippen molar-refractivity contribution in [1.29, 1.82) is 0 Å². The lowest BCUT2D eigenvalue weighted by molar-refractivity contribution is -0.120. The predicted molar refractivity (Wildman–Crippen MR) is 73.1 cm³/mol. The van der Waals surface area contributed by atoms with Crippen LogP contribution in [0.25, 0.3) is 11.0 Å². The number of imidazole rings is 1. The van der Waals surface area contributed by atoms with Crippen LogP contribution < -0.4 is 5.73 Å². The Morgan fingerprint density at radius 3 is 2.89 bits per heavy atom. The van der Waals surface area contributed by atoms with E-state index in [9.17, 15) is 4.79 Å². The van der Waals surface area contributed by atoms with E-state index in [0.29, 0.717) is 17.3 Å². The molecule has 1 atom stereocenters. The number of fused-ring (bicyclic) bond motifs is 1. The number of aryl methyl sites for hydroxylation is 1. The Balaban J connectivity index is 2.66. The van der Waals surface area contributed by atoms with Crippen molar-refractivity contribution in [3.8, 4) is 0 Å². The predicted octanol–water partition coefficient (Wildman–Crippen LogP) is 2.52. The van der Waals surface area contributed by atoms with Crippen molar-refractivity contribution in [2.45, 2.75) is 19.4 Å². The maximum absolute atomic E-state index is 11.4. The lowest BCUT2D eigenvalue weighted by atomic mass is 10.2. The topological polar surface area (TPSA) is 60.9 Å². The van der Waals surface area contributed by atoms with Crippen molar-refractivity contribution in [3.05, 3.63) is 29.0 Å².